The van der Waals surface area contributed by atoms with E-state index in [4.69, 9.17) is 0 Å². The van der Waals surface area contributed by atoms with Gasteiger partial charge in [-0.25, -0.2) is 4.79 Å². The first-order valence-corrected chi connectivity index (χ1v) is 5.22. The van der Waals surface area contributed by atoms with Gasteiger partial charge >= 0.3 is 5.97 Å². The number of nitrogens with zero attached hydrogens (tertiary/aromatic N) is 1. The summed E-state index contributed by atoms with van der Waals surface area (Å²) >= 11 is 3.27. The van der Waals surface area contributed by atoms with Gasteiger partial charge in [-0.3, -0.25) is 4.79 Å². The highest BCUT2D eigenvalue weighted by Gasteiger charge is 2.17. The van der Waals surface area contributed by atoms with Gasteiger partial charge in [0.15, 0.2) is 0 Å². The molecule has 4 nitrogen and oxygen atoms in total. The van der Waals surface area contributed by atoms with E-state index >= 15 is 0 Å². The monoisotopic (exact) mass is 273 g/mol. The number of rotatable bonds is 2. The zero-order chi connectivity index (χ0) is 11.6. The number of carbonyl (C=O) groups is 1. The summed E-state index contributed by atoms with van der Waals surface area (Å²) in [7, 11) is 1.30. The van der Waals surface area contributed by atoms with Crippen molar-refractivity contribution in [2.75, 3.05) is 7.11 Å². The van der Waals surface area contributed by atoms with Gasteiger partial charge in [0.25, 0.3) is 5.56 Å². The van der Waals surface area contributed by atoms with Gasteiger partial charge < -0.3 is 9.30 Å². The third-order valence-electron chi connectivity index (χ3n) is 2.15. The third kappa shape index (κ3) is 2.47. The van der Waals surface area contributed by atoms with Crippen molar-refractivity contribution < 1.29 is 9.53 Å². The molecular formula is C10H12BrNO3. The lowest BCUT2D eigenvalue weighted by Crippen LogP contribution is -2.29. The normalized spacial score (nSPS) is 12.3. The highest BCUT2D eigenvalue weighted by atomic mass is 79.9. The molecule has 0 bridgehead atoms. The minimum atomic E-state index is -0.612. The summed E-state index contributed by atoms with van der Waals surface area (Å²) in [5.41, 5.74) is 0.399. The number of pyridine rings is 1. The van der Waals surface area contributed by atoms with Crippen LogP contribution in [-0.4, -0.2) is 17.6 Å². The largest absolute Gasteiger partial charge is 0.467 e. The van der Waals surface area contributed by atoms with Crippen molar-refractivity contribution in [3.63, 3.8) is 0 Å². The Kier molecular flexibility index (Phi) is 3.68. The van der Waals surface area contributed by atoms with Crippen molar-refractivity contribution >= 4 is 21.9 Å². The van der Waals surface area contributed by atoms with Gasteiger partial charge in [-0.15, -0.1) is 0 Å². The van der Waals surface area contributed by atoms with Gasteiger partial charge in [0, 0.05) is 16.2 Å². The fourth-order valence-corrected chi connectivity index (χ4v) is 1.84. The van der Waals surface area contributed by atoms with E-state index in [1.54, 1.807) is 26.1 Å². The lowest BCUT2D eigenvalue weighted by Gasteiger charge is -2.13. The van der Waals surface area contributed by atoms with Crippen LogP contribution < -0.4 is 5.56 Å². The molecule has 0 radical (unpaired) electrons. The van der Waals surface area contributed by atoms with E-state index in [2.05, 4.69) is 20.7 Å². The van der Waals surface area contributed by atoms with Crippen molar-refractivity contribution in [1.82, 2.24) is 4.57 Å². The van der Waals surface area contributed by atoms with Crippen LogP contribution in [0.2, 0.25) is 0 Å². The van der Waals surface area contributed by atoms with Crippen LogP contribution in [0.5, 0.6) is 0 Å². The maximum atomic E-state index is 11.7. The molecular weight excluding hydrogens is 262 g/mol. The molecule has 1 atom stereocenters. The number of ether oxygens (including phenoxy) is 1. The van der Waals surface area contributed by atoms with E-state index in [0.717, 1.165) is 4.47 Å². The predicted octanol–water partition coefficient (Wildman–Crippen LogP) is 1.65. The molecule has 0 aliphatic rings. The summed E-state index contributed by atoms with van der Waals surface area (Å²) in [6.07, 6.45) is 1.58. The second kappa shape index (κ2) is 4.61. The average Bonchev–Trinajstić information content (AvgIpc) is 2.21. The maximum Gasteiger partial charge on any atom is 0.328 e. The SMILES string of the molecule is COC(=O)C(C)n1cc(Br)cc(C)c1=O. The van der Waals surface area contributed by atoms with Gasteiger partial charge in [-0.05, 0) is 35.8 Å². The zero-order valence-corrected chi connectivity index (χ0v) is 10.4. The fourth-order valence-electron chi connectivity index (χ4n) is 1.27. The van der Waals surface area contributed by atoms with Crippen LogP contribution in [0.25, 0.3) is 0 Å². The number of esters is 1. The predicted molar refractivity (Wildman–Crippen MR) is 59.9 cm³/mol. The van der Waals surface area contributed by atoms with E-state index in [1.165, 1.54) is 11.7 Å². The Morgan fingerprint density at radius 1 is 1.60 bits per heavy atom. The van der Waals surface area contributed by atoms with Crippen LogP contribution in [0.3, 0.4) is 0 Å². The number of aryl methyl sites for hydroxylation is 1. The van der Waals surface area contributed by atoms with Crippen LogP contribution in [0.1, 0.15) is 18.5 Å². The molecule has 1 rings (SSSR count). The Labute approximate surface area is 96.0 Å². The van der Waals surface area contributed by atoms with Crippen molar-refractivity contribution in [3.05, 3.63) is 32.7 Å². The topological polar surface area (TPSA) is 48.3 Å². The molecule has 0 saturated heterocycles. The molecule has 1 aromatic rings. The Hall–Kier alpha value is -1.10. The summed E-state index contributed by atoms with van der Waals surface area (Å²) in [5.74, 6) is -0.436. The van der Waals surface area contributed by atoms with Crippen LogP contribution in [0.15, 0.2) is 21.5 Å². The molecule has 82 valence electrons. The molecule has 0 aliphatic carbocycles. The molecule has 0 N–H and O–H groups in total. The second-order valence-corrected chi connectivity index (χ2v) is 4.17. The highest BCUT2D eigenvalue weighted by Crippen LogP contribution is 2.12. The van der Waals surface area contributed by atoms with E-state index in [9.17, 15) is 9.59 Å². The summed E-state index contributed by atoms with van der Waals surface area (Å²) in [6, 6.07) is 1.10. The lowest BCUT2D eigenvalue weighted by atomic mass is 10.2. The first-order chi connectivity index (χ1) is 6.97. The summed E-state index contributed by atoms with van der Waals surface area (Å²) in [4.78, 5) is 23.0. The molecule has 0 spiro atoms. The number of carbonyl (C=O) groups excluding carboxylic acids is 1. The van der Waals surface area contributed by atoms with Gasteiger partial charge in [0.05, 0.1) is 7.11 Å². The van der Waals surface area contributed by atoms with E-state index in [0.29, 0.717) is 5.56 Å². The summed E-state index contributed by atoms with van der Waals surface area (Å²) in [5, 5.41) is 0. The standard InChI is InChI=1S/C10H12BrNO3/c1-6-4-8(11)5-12(9(6)13)7(2)10(14)15-3/h4-5,7H,1-3H3. The molecule has 1 heterocycles. The van der Waals surface area contributed by atoms with E-state index in [1.807, 2.05) is 0 Å². The smallest absolute Gasteiger partial charge is 0.328 e. The van der Waals surface area contributed by atoms with Crippen molar-refractivity contribution in [3.8, 4) is 0 Å². The third-order valence-corrected chi connectivity index (χ3v) is 2.58. The molecule has 0 aromatic carbocycles. The van der Waals surface area contributed by atoms with Crippen molar-refractivity contribution in [1.29, 1.82) is 0 Å². The average molecular weight is 274 g/mol. The number of methoxy groups -OCH3 is 1. The van der Waals surface area contributed by atoms with Crippen LogP contribution in [0, 0.1) is 6.92 Å². The number of hydrogen-bond donors (Lipinski definition) is 0. The minimum Gasteiger partial charge on any atom is -0.467 e. The molecule has 1 unspecified atom stereocenters. The van der Waals surface area contributed by atoms with Crippen molar-refractivity contribution in [2.45, 2.75) is 19.9 Å². The molecule has 5 heteroatoms. The first kappa shape index (κ1) is 12.0. The maximum absolute atomic E-state index is 11.7. The van der Waals surface area contributed by atoms with E-state index < -0.39 is 12.0 Å². The van der Waals surface area contributed by atoms with Gasteiger partial charge in [-0.2, -0.15) is 0 Å². The lowest BCUT2D eigenvalue weighted by molar-refractivity contribution is -0.144. The van der Waals surface area contributed by atoms with Crippen LogP contribution in [-0.2, 0) is 9.53 Å². The zero-order valence-electron chi connectivity index (χ0n) is 8.78. The molecule has 0 saturated carbocycles. The minimum absolute atomic E-state index is 0.184. The molecule has 15 heavy (non-hydrogen) atoms. The Morgan fingerprint density at radius 3 is 2.73 bits per heavy atom. The second-order valence-electron chi connectivity index (χ2n) is 3.25. The number of halogens is 1. The molecule has 0 aliphatic heterocycles. The first-order valence-electron chi connectivity index (χ1n) is 4.43. The van der Waals surface area contributed by atoms with Crippen LogP contribution >= 0.6 is 15.9 Å². The molecule has 0 amide bonds. The van der Waals surface area contributed by atoms with Crippen LogP contribution in [0.4, 0.5) is 0 Å². The number of aromatic nitrogens is 1. The van der Waals surface area contributed by atoms with Gasteiger partial charge in [0.1, 0.15) is 6.04 Å². The van der Waals surface area contributed by atoms with Gasteiger partial charge in [-0.1, -0.05) is 0 Å². The van der Waals surface area contributed by atoms with Gasteiger partial charge in [0.2, 0.25) is 0 Å². The molecule has 0 fully saturated rings. The number of hydrogen-bond acceptors (Lipinski definition) is 3. The summed E-state index contributed by atoms with van der Waals surface area (Å²) in [6.45, 7) is 3.33. The Balaban J connectivity index is 3.25. The fraction of sp³-hybridized carbons (Fsp3) is 0.400. The summed E-state index contributed by atoms with van der Waals surface area (Å²) < 4.78 is 6.70. The Bertz CT molecular complexity index is 439. The quantitative estimate of drug-likeness (QED) is 0.770. The Morgan fingerprint density at radius 2 is 2.20 bits per heavy atom. The van der Waals surface area contributed by atoms with E-state index in [-0.39, 0.29) is 5.56 Å². The van der Waals surface area contributed by atoms with Crippen molar-refractivity contribution in [2.24, 2.45) is 0 Å². The highest BCUT2D eigenvalue weighted by molar-refractivity contribution is 9.10. The molecule has 1 aromatic heterocycles.